The van der Waals surface area contributed by atoms with E-state index in [2.05, 4.69) is 0 Å². The van der Waals surface area contributed by atoms with Crippen molar-refractivity contribution >= 4 is 17.5 Å². The van der Waals surface area contributed by atoms with E-state index in [1.54, 1.807) is 0 Å². The van der Waals surface area contributed by atoms with Crippen LogP contribution >= 0.6 is 11.6 Å². The summed E-state index contributed by atoms with van der Waals surface area (Å²) >= 11 is 5.90. The first-order valence-corrected chi connectivity index (χ1v) is 7.81. The highest BCUT2D eigenvalue weighted by atomic mass is 35.5. The van der Waals surface area contributed by atoms with E-state index < -0.39 is 5.41 Å². The Morgan fingerprint density at radius 2 is 1.95 bits per heavy atom. The van der Waals surface area contributed by atoms with Crippen molar-refractivity contribution in [1.29, 1.82) is 0 Å². The summed E-state index contributed by atoms with van der Waals surface area (Å²) in [6.45, 7) is 4.87. The number of hydrogen-bond acceptors (Lipinski definition) is 3. The van der Waals surface area contributed by atoms with Gasteiger partial charge in [0.25, 0.3) is 0 Å². The van der Waals surface area contributed by atoms with Crippen molar-refractivity contribution in [2.45, 2.75) is 26.3 Å². The van der Waals surface area contributed by atoms with Crippen LogP contribution in [-0.4, -0.2) is 37.1 Å². The first-order valence-electron chi connectivity index (χ1n) is 7.43. The minimum absolute atomic E-state index is 0.144. The predicted octanol–water partition coefficient (Wildman–Crippen LogP) is 2.44. The molecule has 4 nitrogen and oxygen atoms in total. The fourth-order valence-corrected chi connectivity index (χ4v) is 2.87. The standard InChI is InChI=1S/C16H23ClN2O2/c1-2-19(11-13-3-5-14(17)6-4-13)15(20)16(12-18)7-9-21-10-8-16/h3-6H,2,7-12,18H2,1H3. The molecule has 2 rings (SSSR count). The Hall–Kier alpha value is -1.10. The Morgan fingerprint density at radius 1 is 1.33 bits per heavy atom. The summed E-state index contributed by atoms with van der Waals surface area (Å²) in [7, 11) is 0. The number of nitrogens with zero attached hydrogens (tertiary/aromatic N) is 1. The topological polar surface area (TPSA) is 55.6 Å². The molecule has 1 aliphatic heterocycles. The van der Waals surface area contributed by atoms with Gasteiger partial charge in [-0.25, -0.2) is 0 Å². The molecule has 21 heavy (non-hydrogen) atoms. The van der Waals surface area contributed by atoms with Crippen LogP contribution in [0.15, 0.2) is 24.3 Å². The molecule has 1 aliphatic rings. The van der Waals surface area contributed by atoms with Gasteiger partial charge in [-0.3, -0.25) is 4.79 Å². The minimum atomic E-state index is -0.458. The molecular formula is C16H23ClN2O2. The summed E-state index contributed by atoms with van der Waals surface area (Å²) in [5.41, 5.74) is 6.54. The van der Waals surface area contributed by atoms with Crippen LogP contribution in [0.3, 0.4) is 0 Å². The Balaban J connectivity index is 2.11. The van der Waals surface area contributed by atoms with Gasteiger partial charge in [0, 0.05) is 37.9 Å². The van der Waals surface area contributed by atoms with E-state index in [1.807, 2.05) is 36.1 Å². The molecule has 2 N–H and O–H groups in total. The Kier molecular flexibility index (Phi) is 5.62. The van der Waals surface area contributed by atoms with Crippen molar-refractivity contribution in [2.75, 3.05) is 26.3 Å². The van der Waals surface area contributed by atoms with E-state index in [1.165, 1.54) is 0 Å². The van der Waals surface area contributed by atoms with E-state index in [4.69, 9.17) is 22.1 Å². The number of amides is 1. The average Bonchev–Trinajstić information content (AvgIpc) is 2.54. The van der Waals surface area contributed by atoms with Gasteiger partial charge in [-0.2, -0.15) is 0 Å². The molecule has 0 aromatic heterocycles. The van der Waals surface area contributed by atoms with Gasteiger partial charge in [-0.15, -0.1) is 0 Å². The molecule has 0 saturated carbocycles. The zero-order chi connectivity index (χ0) is 15.3. The van der Waals surface area contributed by atoms with Crippen LogP contribution in [0.5, 0.6) is 0 Å². The van der Waals surface area contributed by atoms with E-state index in [-0.39, 0.29) is 5.91 Å². The number of carbonyl (C=O) groups excluding carboxylic acids is 1. The molecule has 1 aromatic rings. The molecule has 1 saturated heterocycles. The van der Waals surface area contributed by atoms with Crippen molar-refractivity contribution in [1.82, 2.24) is 4.90 Å². The predicted molar refractivity (Wildman–Crippen MR) is 84.1 cm³/mol. The molecule has 1 fully saturated rings. The number of hydrogen-bond donors (Lipinski definition) is 1. The van der Waals surface area contributed by atoms with Crippen molar-refractivity contribution in [3.8, 4) is 0 Å². The summed E-state index contributed by atoms with van der Waals surface area (Å²) in [6.07, 6.45) is 1.42. The van der Waals surface area contributed by atoms with Crippen molar-refractivity contribution in [2.24, 2.45) is 11.1 Å². The van der Waals surface area contributed by atoms with Crippen LogP contribution in [0.4, 0.5) is 0 Å². The fourth-order valence-electron chi connectivity index (χ4n) is 2.74. The first kappa shape index (κ1) is 16.3. The summed E-state index contributed by atoms with van der Waals surface area (Å²) in [5, 5.41) is 0.705. The SMILES string of the molecule is CCN(Cc1ccc(Cl)cc1)C(=O)C1(CN)CCOCC1. The molecule has 0 bridgehead atoms. The van der Waals surface area contributed by atoms with E-state index in [0.29, 0.717) is 50.7 Å². The fraction of sp³-hybridized carbons (Fsp3) is 0.562. The zero-order valence-corrected chi connectivity index (χ0v) is 13.2. The average molecular weight is 311 g/mol. The normalized spacial score (nSPS) is 17.5. The number of ether oxygens (including phenoxy) is 1. The largest absolute Gasteiger partial charge is 0.381 e. The quantitative estimate of drug-likeness (QED) is 0.909. The highest BCUT2D eigenvalue weighted by Gasteiger charge is 2.41. The van der Waals surface area contributed by atoms with Crippen LogP contribution in [-0.2, 0) is 16.1 Å². The van der Waals surface area contributed by atoms with Crippen LogP contribution in [0, 0.1) is 5.41 Å². The number of carbonyl (C=O) groups is 1. The number of benzene rings is 1. The molecule has 0 aliphatic carbocycles. The highest BCUT2D eigenvalue weighted by molar-refractivity contribution is 6.30. The summed E-state index contributed by atoms with van der Waals surface area (Å²) in [6, 6.07) is 7.61. The van der Waals surface area contributed by atoms with Crippen LogP contribution in [0.2, 0.25) is 5.02 Å². The molecule has 0 radical (unpaired) electrons. The molecule has 0 spiro atoms. The third-order valence-corrected chi connectivity index (χ3v) is 4.50. The maximum Gasteiger partial charge on any atom is 0.230 e. The maximum absolute atomic E-state index is 12.9. The second-order valence-corrected chi connectivity index (χ2v) is 5.98. The zero-order valence-electron chi connectivity index (χ0n) is 12.5. The molecule has 0 atom stereocenters. The highest BCUT2D eigenvalue weighted by Crippen LogP contribution is 2.32. The second-order valence-electron chi connectivity index (χ2n) is 5.54. The lowest BCUT2D eigenvalue weighted by molar-refractivity contribution is -0.147. The van der Waals surface area contributed by atoms with Crippen LogP contribution in [0.1, 0.15) is 25.3 Å². The van der Waals surface area contributed by atoms with Gasteiger partial charge in [0.15, 0.2) is 0 Å². The van der Waals surface area contributed by atoms with Gasteiger partial charge in [-0.1, -0.05) is 23.7 Å². The molecular weight excluding hydrogens is 288 g/mol. The molecule has 1 aromatic carbocycles. The first-order chi connectivity index (χ1) is 10.1. The third-order valence-electron chi connectivity index (χ3n) is 4.25. The van der Waals surface area contributed by atoms with Gasteiger partial charge in [0.1, 0.15) is 0 Å². The third kappa shape index (κ3) is 3.76. The summed E-state index contributed by atoms with van der Waals surface area (Å²) in [4.78, 5) is 14.8. The lowest BCUT2D eigenvalue weighted by Crippen LogP contribution is -2.50. The Bertz CT molecular complexity index is 470. The van der Waals surface area contributed by atoms with Gasteiger partial charge in [-0.05, 0) is 37.5 Å². The van der Waals surface area contributed by atoms with Crippen molar-refractivity contribution in [3.05, 3.63) is 34.9 Å². The molecule has 1 amide bonds. The smallest absolute Gasteiger partial charge is 0.230 e. The summed E-state index contributed by atoms with van der Waals surface area (Å²) < 4.78 is 5.38. The minimum Gasteiger partial charge on any atom is -0.381 e. The number of nitrogens with two attached hydrogens (primary N) is 1. The van der Waals surface area contributed by atoms with Gasteiger partial charge in [0.2, 0.25) is 5.91 Å². The second kappa shape index (κ2) is 7.25. The van der Waals surface area contributed by atoms with E-state index >= 15 is 0 Å². The Morgan fingerprint density at radius 3 is 2.48 bits per heavy atom. The monoisotopic (exact) mass is 310 g/mol. The van der Waals surface area contributed by atoms with Crippen LogP contribution in [0.25, 0.3) is 0 Å². The van der Waals surface area contributed by atoms with Gasteiger partial charge < -0.3 is 15.4 Å². The van der Waals surface area contributed by atoms with Crippen molar-refractivity contribution < 1.29 is 9.53 Å². The molecule has 0 unspecified atom stereocenters. The van der Waals surface area contributed by atoms with Gasteiger partial charge >= 0.3 is 0 Å². The summed E-state index contributed by atoms with van der Waals surface area (Å²) in [5.74, 6) is 0.144. The van der Waals surface area contributed by atoms with Crippen molar-refractivity contribution in [3.63, 3.8) is 0 Å². The van der Waals surface area contributed by atoms with E-state index in [9.17, 15) is 4.79 Å². The number of rotatable bonds is 5. The van der Waals surface area contributed by atoms with Crippen LogP contribution < -0.4 is 5.73 Å². The number of halogens is 1. The van der Waals surface area contributed by atoms with E-state index in [0.717, 1.165) is 5.56 Å². The molecule has 1 heterocycles. The lowest BCUT2D eigenvalue weighted by atomic mass is 9.78. The van der Waals surface area contributed by atoms with Gasteiger partial charge in [0.05, 0.1) is 5.41 Å². The maximum atomic E-state index is 12.9. The molecule has 116 valence electrons. The lowest BCUT2D eigenvalue weighted by Gasteiger charge is -2.38. The Labute approximate surface area is 131 Å². The molecule has 5 heteroatoms.